The Morgan fingerprint density at radius 1 is 1.26 bits per heavy atom. The SMILES string of the molecule is Cc1cc2ccccc2n1Cc1nccn1C(F)F. The second-order valence-electron chi connectivity index (χ2n) is 4.46. The maximum atomic E-state index is 12.8. The molecule has 0 aliphatic carbocycles. The lowest BCUT2D eigenvalue weighted by Crippen LogP contribution is -2.09. The summed E-state index contributed by atoms with van der Waals surface area (Å²) in [4.78, 5) is 4.02. The second kappa shape index (κ2) is 4.50. The molecule has 0 aliphatic rings. The Hall–Kier alpha value is -2.17. The Balaban J connectivity index is 2.06. The quantitative estimate of drug-likeness (QED) is 0.706. The molecule has 0 amide bonds. The van der Waals surface area contributed by atoms with Crippen LogP contribution in [-0.4, -0.2) is 14.1 Å². The number of hydrogen-bond acceptors (Lipinski definition) is 1. The number of imidazole rings is 1. The van der Waals surface area contributed by atoms with Gasteiger partial charge in [0, 0.05) is 23.6 Å². The highest BCUT2D eigenvalue weighted by Gasteiger charge is 2.13. The first-order valence-corrected chi connectivity index (χ1v) is 6.01. The fourth-order valence-electron chi connectivity index (χ4n) is 2.34. The number of aryl methyl sites for hydroxylation is 1. The topological polar surface area (TPSA) is 22.8 Å². The standard InChI is InChI=1S/C14H13F2N3/c1-10-8-11-4-2-3-5-12(11)19(10)9-13-17-6-7-18(13)14(15)16/h2-8,14H,9H2,1H3. The minimum atomic E-state index is -2.56. The van der Waals surface area contributed by atoms with Gasteiger partial charge >= 0.3 is 6.55 Å². The van der Waals surface area contributed by atoms with E-state index >= 15 is 0 Å². The van der Waals surface area contributed by atoms with Crippen LogP contribution in [0.1, 0.15) is 18.1 Å². The van der Waals surface area contributed by atoms with Gasteiger partial charge in [-0.05, 0) is 24.4 Å². The minimum Gasteiger partial charge on any atom is -0.337 e. The molecule has 0 fully saturated rings. The van der Waals surface area contributed by atoms with Gasteiger partial charge in [-0.25, -0.2) is 4.98 Å². The number of alkyl halides is 2. The molecular formula is C14H13F2N3. The van der Waals surface area contributed by atoms with Gasteiger partial charge in [0.05, 0.1) is 6.54 Å². The Morgan fingerprint density at radius 2 is 2.05 bits per heavy atom. The highest BCUT2D eigenvalue weighted by Crippen LogP contribution is 2.21. The monoisotopic (exact) mass is 261 g/mol. The van der Waals surface area contributed by atoms with Crippen LogP contribution in [0.15, 0.2) is 42.7 Å². The highest BCUT2D eigenvalue weighted by molar-refractivity contribution is 5.81. The van der Waals surface area contributed by atoms with Crippen molar-refractivity contribution < 1.29 is 8.78 Å². The average Bonchev–Trinajstić information content (AvgIpc) is 2.96. The van der Waals surface area contributed by atoms with E-state index < -0.39 is 6.55 Å². The molecular weight excluding hydrogens is 248 g/mol. The van der Waals surface area contributed by atoms with Gasteiger partial charge in [-0.1, -0.05) is 18.2 Å². The normalized spacial score (nSPS) is 11.6. The van der Waals surface area contributed by atoms with Crippen molar-refractivity contribution in [3.63, 3.8) is 0 Å². The van der Waals surface area contributed by atoms with Crippen LogP contribution >= 0.6 is 0 Å². The van der Waals surface area contributed by atoms with Crippen molar-refractivity contribution in [1.29, 1.82) is 0 Å². The lowest BCUT2D eigenvalue weighted by Gasteiger charge is -2.10. The van der Waals surface area contributed by atoms with Crippen LogP contribution in [0.5, 0.6) is 0 Å². The van der Waals surface area contributed by atoms with E-state index in [0.29, 0.717) is 12.4 Å². The van der Waals surface area contributed by atoms with Crippen LogP contribution in [-0.2, 0) is 6.54 Å². The molecule has 0 N–H and O–H groups in total. The molecule has 0 bridgehead atoms. The van der Waals surface area contributed by atoms with Gasteiger partial charge in [0.25, 0.3) is 0 Å². The van der Waals surface area contributed by atoms with Gasteiger partial charge in [0.1, 0.15) is 5.82 Å². The lowest BCUT2D eigenvalue weighted by molar-refractivity contribution is 0.0667. The first-order valence-electron chi connectivity index (χ1n) is 6.01. The van der Waals surface area contributed by atoms with Crippen LogP contribution in [0.3, 0.4) is 0 Å². The maximum Gasteiger partial charge on any atom is 0.319 e. The number of halogens is 2. The van der Waals surface area contributed by atoms with Crippen LogP contribution < -0.4 is 0 Å². The van der Waals surface area contributed by atoms with Crippen LogP contribution in [0.2, 0.25) is 0 Å². The third-order valence-electron chi connectivity index (χ3n) is 3.28. The van der Waals surface area contributed by atoms with E-state index in [1.807, 2.05) is 41.8 Å². The smallest absolute Gasteiger partial charge is 0.319 e. The maximum absolute atomic E-state index is 12.8. The molecule has 98 valence electrons. The molecule has 3 nitrogen and oxygen atoms in total. The molecule has 1 aromatic carbocycles. The summed E-state index contributed by atoms with van der Waals surface area (Å²) in [6.45, 7) is -0.244. The average molecular weight is 261 g/mol. The molecule has 3 rings (SSSR count). The van der Waals surface area contributed by atoms with E-state index in [4.69, 9.17) is 0 Å². The number of benzene rings is 1. The zero-order valence-electron chi connectivity index (χ0n) is 10.4. The van der Waals surface area contributed by atoms with Gasteiger partial charge in [-0.15, -0.1) is 0 Å². The predicted molar refractivity (Wildman–Crippen MR) is 69.3 cm³/mol. The first-order chi connectivity index (χ1) is 9.16. The van der Waals surface area contributed by atoms with Crippen LogP contribution in [0, 0.1) is 6.92 Å². The van der Waals surface area contributed by atoms with Crippen molar-refractivity contribution in [1.82, 2.24) is 14.1 Å². The minimum absolute atomic E-state index is 0.344. The van der Waals surface area contributed by atoms with Gasteiger partial charge in [-0.3, -0.25) is 4.57 Å². The van der Waals surface area contributed by atoms with Gasteiger partial charge < -0.3 is 4.57 Å². The fourth-order valence-corrected chi connectivity index (χ4v) is 2.34. The summed E-state index contributed by atoms with van der Waals surface area (Å²) in [7, 11) is 0. The van der Waals surface area contributed by atoms with E-state index in [0.717, 1.165) is 21.2 Å². The first kappa shape index (κ1) is 11.9. The van der Waals surface area contributed by atoms with Crippen molar-refractivity contribution in [3.05, 3.63) is 54.2 Å². The summed E-state index contributed by atoms with van der Waals surface area (Å²) in [6.07, 6.45) is 2.71. The molecule has 19 heavy (non-hydrogen) atoms. The van der Waals surface area contributed by atoms with E-state index in [1.54, 1.807) is 0 Å². The zero-order valence-corrected chi connectivity index (χ0v) is 10.4. The number of hydrogen-bond donors (Lipinski definition) is 0. The number of fused-ring (bicyclic) bond motifs is 1. The summed E-state index contributed by atoms with van der Waals surface area (Å²) in [5, 5.41) is 1.11. The fraction of sp³-hybridized carbons (Fsp3) is 0.214. The Labute approximate surface area is 109 Å². The number of aromatic nitrogens is 3. The summed E-state index contributed by atoms with van der Waals surface area (Å²) in [5.41, 5.74) is 2.06. The van der Waals surface area contributed by atoms with E-state index in [9.17, 15) is 8.78 Å². The van der Waals surface area contributed by atoms with E-state index in [2.05, 4.69) is 4.98 Å². The molecule has 3 aromatic rings. The van der Waals surface area contributed by atoms with E-state index in [1.165, 1.54) is 12.4 Å². The molecule has 0 atom stereocenters. The molecule has 0 aliphatic heterocycles. The molecule has 0 radical (unpaired) electrons. The Kier molecular flexibility index (Phi) is 2.81. The van der Waals surface area contributed by atoms with Crippen molar-refractivity contribution >= 4 is 10.9 Å². The van der Waals surface area contributed by atoms with Crippen LogP contribution in [0.4, 0.5) is 8.78 Å². The van der Waals surface area contributed by atoms with Gasteiger partial charge in [0.15, 0.2) is 0 Å². The van der Waals surface area contributed by atoms with Crippen molar-refractivity contribution in [2.45, 2.75) is 20.0 Å². The number of rotatable bonds is 3. The molecule has 0 spiro atoms. The third-order valence-corrected chi connectivity index (χ3v) is 3.28. The Bertz CT molecular complexity index is 712. The van der Waals surface area contributed by atoms with Crippen molar-refractivity contribution in [2.24, 2.45) is 0 Å². The molecule has 0 unspecified atom stereocenters. The molecule has 0 saturated heterocycles. The number of para-hydroxylation sites is 1. The van der Waals surface area contributed by atoms with Gasteiger partial charge in [-0.2, -0.15) is 8.78 Å². The largest absolute Gasteiger partial charge is 0.337 e. The number of nitrogens with zero attached hydrogens (tertiary/aromatic N) is 3. The molecule has 2 aromatic heterocycles. The summed E-state index contributed by atoms with van der Waals surface area (Å²) < 4.78 is 28.5. The van der Waals surface area contributed by atoms with E-state index in [-0.39, 0.29) is 0 Å². The van der Waals surface area contributed by atoms with Crippen molar-refractivity contribution in [2.75, 3.05) is 0 Å². The Morgan fingerprint density at radius 3 is 2.84 bits per heavy atom. The highest BCUT2D eigenvalue weighted by atomic mass is 19.3. The third kappa shape index (κ3) is 2.01. The summed E-state index contributed by atoms with van der Waals surface area (Å²) in [6, 6.07) is 9.95. The second-order valence-corrected chi connectivity index (χ2v) is 4.46. The molecule has 2 heterocycles. The zero-order chi connectivity index (χ0) is 13.4. The van der Waals surface area contributed by atoms with Crippen molar-refractivity contribution in [3.8, 4) is 0 Å². The summed E-state index contributed by atoms with van der Waals surface area (Å²) >= 11 is 0. The molecule has 5 heteroatoms. The van der Waals surface area contributed by atoms with Gasteiger partial charge in [0.2, 0.25) is 0 Å². The molecule has 0 saturated carbocycles. The lowest BCUT2D eigenvalue weighted by atomic mass is 10.2. The predicted octanol–water partition coefficient (Wildman–Crippen LogP) is 3.59. The van der Waals surface area contributed by atoms with Crippen LogP contribution in [0.25, 0.3) is 10.9 Å². The summed E-state index contributed by atoms with van der Waals surface area (Å²) in [5.74, 6) is 0.361.